The van der Waals surface area contributed by atoms with Gasteiger partial charge >= 0.3 is 6.18 Å². The normalized spacial score (nSPS) is 12.3. The van der Waals surface area contributed by atoms with Crippen LogP contribution in [0, 0.1) is 13.8 Å². The Morgan fingerprint density at radius 1 is 1.04 bits per heavy atom. The van der Waals surface area contributed by atoms with Crippen LogP contribution in [0.2, 0.25) is 5.02 Å². The van der Waals surface area contributed by atoms with Crippen LogP contribution in [-0.4, -0.2) is 8.42 Å². The van der Waals surface area contributed by atoms with E-state index in [9.17, 15) is 21.6 Å². The van der Waals surface area contributed by atoms with Gasteiger partial charge in [0.05, 0.1) is 21.2 Å². The predicted molar refractivity (Wildman–Crippen MR) is 83.2 cm³/mol. The summed E-state index contributed by atoms with van der Waals surface area (Å²) in [6.45, 7) is 3.32. The van der Waals surface area contributed by atoms with Gasteiger partial charge in [-0.15, -0.1) is 0 Å². The van der Waals surface area contributed by atoms with Crippen molar-refractivity contribution in [2.45, 2.75) is 24.9 Å². The number of rotatable bonds is 3. The molecule has 2 rings (SSSR count). The van der Waals surface area contributed by atoms with E-state index in [1.807, 2.05) is 0 Å². The molecule has 0 heterocycles. The molecule has 0 fully saturated rings. The van der Waals surface area contributed by atoms with Gasteiger partial charge in [-0.2, -0.15) is 13.2 Å². The molecule has 8 heteroatoms. The molecule has 0 aromatic heterocycles. The highest BCUT2D eigenvalue weighted by molar-refractivity contribution is 7.92. The topological polar surface area (TPSA) is 46.2 Å². The lowest BCUT2D eigenvalue weighted by Gasteiger charge is -2.14. The van der Waals surface area contributed by atoms with Crippen molar-refractivity contribution >= 4 is 27.3 Å². The zero-order valence-electron chi connectivity index (χ0n) is 12.2. The highest BCUT2D eigenvalue weighted by Crippen LogP contribution is 2.34. The number of hydrogen-bond acceptors (Lipinski definition) is 2. The maximum absolute atomic E-state index is 12.8. The van der Waals surface area contributed by atoms with E-state index in [0.29, 0.717) is 17.2 Å². The smallest absolute Gasteiger partial charge is 0.278 e. The lowest BCUT2D eigenvalue weighted by atomic mass is 10.2. The quantitative estimate of drug-likeness (QED) is 0.853. The first-order valence-corrected chi connectivity index (χ1v) is 8.33. The summed E-state index contributed by atoms with van der Waals surface area (Å²) in [5.74, 6) is 0. The number of halogens is 4. The number of aryl methyl sites for hydroxylation is 2. The van der Waals surface area contributed by atoms with E-state index < -0.39 is 21.8 Å². The molecule has 0 aliphatic carbocycles. The number of hydrogen-bond donors (Lipinski definition) is 1. The van der Waals surface area contributed by atoms with Gasteiger partial charge in [0.15, 0.2) is 0 Å². The van der Waals surface area contributed by atoms with E-state index in [1.54, 1.807) is 26.0 Å². The summed E-state index contributed by atoms with van der Waals surface area (Å²) in [7, 11) is -4.05. The molecule has 0 saturated heterocycles. The van der Waals surface area contributed by atoms with Crippen molar-refractivity contribution in [2.24, 2.45) is 0 Å². The first kappa shape index (κ1) is 17.6. The fourth-order valence-electron chi connectivity index (χ4n) is 1.98. The molecule has 2 aromatic rings. The summed E-state index contributed by atoms with van der Waals surface area (Å²) in [6.07, 6.45) is -4.59. The Balaban J connectivity index is 2.47. The molecule has 0 amide bonds. The molecule has 0 spiro atoms. The van der Waals surface area contributed by atoms with E-state index >= 15 is 0 Å². The van der Waals surface area contributed by atoms with Crippen molar-refractivity contribution in [1.82, 2.24) is 0 Å². The standard InChI is InChI=1S/C15H13ClF3NO2S/c1-9-3-4-10(2)14(7-9)23(21,22)20-13-8-11(15(17,18)19)5-6-12(13)16/h3-8,20H,1-2H3. The van der Waals surface area contributed by atoms with Crippen LogP contribution in [0.15, 0.2) is 41.3 Å². The highest BCUT2D eigenvalue weighted by atomic mass is 35.5. The van der Waals surface area contributed by atoms with Crippen molar-refractivity contribution in [3.63, 3.8) is 0 Å². The fraction of sp³-hybridized carbons (Fsp3) is 0.200. The first-order chi connectivity index (χ1) is 10.5. The third-order valence-corrected chi connectivity index (χ3v) is 5.01. The Kier molecular flexibility index (Phi) is 4.64. The molecule has 0 aliphatic heterocycles. The maximum atomic E-state index is 12.8. The lowest BCUT2D eigenvalue weighted by Crippen LogP contribution is -2.15. The summed E-state index contributed by atoms with van der Waals surface area (Å²) >= 11 is 5.82. The molecule has 0 aliphatic rings. The average Bonchev–Trinajstić information content (AvgIpc) is 2.42. The van der Waals surface area contributed by atoms with E-state index in [0.717, 1.165) is 12.1 Å². The molecule has 0 bridgehead atoms. The van der Waals surface area contributed by atoms with E-state index in [-0.39, 0.29) is 15.6 Å². The van der Waals surface area contributed by atoms with Gasteiger partial charge in [0.25, 0.3) is 10.0 Å². The van der Waals surface area contributed by atoms with Gasteiger partial charge < -0.3 is 0 Å². The Morgan fingerprint density at radius 2 is 1.70 bits per heavy atom. The third kappa shape index (κ3) is 3.97. The number of sulfonamides is 1. The summed E-state index contributed by atoms with van der Waals surface area (Å²) in [6, 6.07) is 7.27. The predicted octanol–water partition coefficient (Wildman–Crippen LogP) is 4.78. The molecule has 124 valence electrons. The Labute approximate surface area is 137 Å². The van der Waals surface area contributed by atoms with Crippen LogP contribution in [0.1, 0.15) is 16.7 Å². The van der Waals surface area contributed by atoms with Gasteiger partial charge in [0, 0.05) is 0 Å². The minimum atomic E-state index is -4.59. The molecule has 3 nitrogen and oxygen atoms in total. The summed E-state index contributed by atoms with van der Waals surface area (Å²) < 4.78 is 65.3. The van der Waals surface area contributed by atoms with Gasteiger partial charge in [0.1, 0.15) is 0 Å². The molecule has 0 unspecified atom stereocenters. The number of anilines is 1. The molecular formula is C15H13ClF3NO2S. The molecule has 0 atom stereocenters. The number of alkyl halides is 3. The van der Waals surface area contributed by atoms with Crippen LogP contribution < -0.4 is 4.72 Å². The van der Waals surface area contributed by atoms with Crippen LogP contribution in [0.5, 0.6) is 0 Å². The third-order valence-electron chi connectivity index (χ3n) is 3.17. The van der Waals surface area contributed by atoms with Crippen LogP contribution in [0.25, 0.3) is 0 Å². The van der Waals surface area contributed by atoms with Crippen LogP contribution in [-0.2, 0) is 16.2 Å². The minimum Gasteiger partial charge on any atom is -0.278 e. The van der Waals surface area contributed by atoms with Gasteiger partial charge in [0.2, 0.25) is 0 Å². The van der Waals surface area contributed by atoms with Gasteiger partial charge in [-0.3, -0.25) is 4.72 Å². The van der Waals surface area contributed by atoms with Crippen molar-refractivity contribution in [2.75, 3.05) is 4.72 Å². The van der Waals surface area contributed by atoms with Gasteiger partial charge in [-0.25, -0.2) is 8.42 Å². The highest BCUT2D eigenvalue weighted by Gasteiger charge is 2.31. The maximum Gasteiger partial charge on any atom is 0.416 e. The van der Waals surface area contributed by atoms with Crippen LogP contribution >= 0.6 is 11.6 Å². The molecular weight excluding hydrogens is 351 g/mol. The Bertz CT molecular complexity index is 848. The summed E-state index contributed by atoms with van der Waals surface area (Å²) in [4.78, 5) is -0.00835. The van der Waals surface area contributed by atoms with E-state index in [2.05, 4.69) is 4.72 Å². The van der Waals surface area contributed by atoms with Crippen molar-refractivity contribution < 1.29 is 21.6 Å². The van der Waals surface area contributed by atoms with Crippen LogP contribution in [0.4, 0.5) is 18.9 Å². The molecule has 0 radical (unpaired) electrons. The Hall–Kier alpha value is -1.73. The second kappa shape index (κ2) is 6.05. The fourth-order valence-corrected chi connectivity index (χ4v) is 3.60. The molecule has 1 N–H and O–H groups in total. The van der Waals surface area contributed by atoms with Crippen molar-refractivity contribution in [3.05, 3.63) is 58.1 Å². The van der Waals surface area contributed by atoms with Gasteiger partial charge in [-0.1, -0.05) is 23.7 Å². The first-order valence-electron chi connectivity index (χ1n) is 6.47. The number of nitrogens with one attached hydrogen (secondary N) is 1. The van der Waals surface area contributed by atoms with Crippen molar-refractivity contribution in [3.8, 4) is 0 Å². The second-order valence-corrected chi connectivity index (χ2v) is 7.12. The second-order valence-electron chi connectivity index (χ2n) is 5.07. The van der Waals surface area contributed by atoms with E-state index in [1.165, 1.54) is 6.07 Å². The zero-order chi connectivity index (χ0) is 17.4. The largest absolute Gasteiger partial charge is 0.416 e. The summed E-state index contributed by atoms with van der Waals surface area (Å²) in [5, 5.41) is -0.119. The minimum absolute atomic E-state index is 0.00835. The SMILES string of the molecule is Cc1ccc(C)c(S(=O)(=O)Nc2cc(C(F)(F)F)ccc2Cl)c1. The van der Waals surface area contributed by atoms with E-state index in [4.69, 9.17) is 11.6 Å². The zero-order valence-corrected chi connectivity index (χ0v) is 13.8. The molecule has 2 aromatic carbocycles. The monoisotopic (exact) mass is 363 g/mol. The van der Waals surface area contributed by atoms with Crippen molar-refractivity contribution in [1.29, 1.82) is 0 Å². The lowest BCUT2D eigenvalue weighted by molar-refractivity contribution is -0.137. The molecule has 0 saturated carbocycles. The Morgan fingerprint density at radius 3 is 2.30 bits per heavy atom. The van der Waals surface area contributed by atoms with Gasteiger partial charge in [-0.05, 0) is 49.2 Å². The van der Waals surface area contributed by atoms with Crippen LogP contribution in [0.3, 0.4) is 0 Å². The average molecular weight is 364 g/mol. The number of benzene rings is 2. The summed E-state index contributed by atoms with van der Waals surface area (Å²) in [5.41, 5.74) is -0.111. The molecule has 23 heavy (non-hydrogen) atoms.